The molecule has 0 aliphatic carbocycles. The third-order valence-corrected chi connectivity index (χ3v) is 5.78. The van der Waals surface area contributed by atoms with Gasteiger partial charge in [-0.15, -0.1) is 0 Å². The first-order chi connectivity index (χ1) is 17.9. The van der Waals surface area contributed by atoms with Crippen molar-refractivity contribution < 1.29 is 19.1 Å². The fourth-order valence-electron chi connectivity index (χ4n) is 3.77. The number of hydrogen-bond acceptors (Lipinski definition) is 7. The second-order valence-electron chi connectivity index (χ2n) is 8.65. The number of carbonyl (C=O) groups is 3. The van der Waals surface area contributed by atoms with Gasteiger partial charge in [-0.1, -0.05) is 42.5 Å². The third-order valence-electron chi connectivity index (χ3n) is 5.78. The number of nitrogens with zero attached hydrogens (tertiary/aromatic N) is 1. The van der Waals surface area contributed by atoms with E-state index >= 15 is 0 Å². The molecule has 0 fully saturated rings. The Balaban J connectivity index is 2.02. The SMILES string of the molecule is CCOc1ccc(CNC(=O)[C@H](CCc2ccccc2)NC(=O)[C@@H](N)CC(=O)N(CCN)CCN)cc1. The van der Waals surface area contributed by atoms with E-state index in [9.17, 15) is 14.4 Å². The topological polar surface area (TPSA) is 166 Å². The summed E-state index contributed by atoms with van der Waals surface area (Å²) in [5.41, 5.74) is 19.1. The molecule has 37 heavy (non-hydrogen) atoms. The van der Waals surface area contributed by atoms with Crippen molar-refractivity contribution in [3.63, 3.8) is 0 Å². The summed E-state index contributed by atoms with van der Waals surface area (Å²) in [6, 6.07) is 15.2. The Morgan fingerprint density at radius 3 is 2.16 bits per heavy atom. The Hall–Kier alpha value is -3.47. The standard InChI is InChI=1S/C27H40N6O4/c1-2-37-22-11-8-21(9-12-22)19-31-27(36)24(13-10-20-6-4-3-5-7-20)32-26(35)23(30)18-25(34)33(16-14-28)17-15-29/h3-9,11-12,23-24H,2,10,13-19,28-30H2,1H3,(H,31,36)(H,32,35)/t23-,24-/m0/s1. The van der Waals surface area contributed by atoms with E-state index in [1.807, 2.05) is 61.5 Å². The maximum Gasteiger partial charge on any atom is 0.242 e. The van der Waals surface area contributed by atoms with Gasteiger partial charge in [-0.2, -0.15) is 0 Å². The minimum Gasteiger partial charge on any atom is -0.494 e. The highest BCUT2D eigenvalue weighted by molar-refractivity contribution is 5.92. The second kappa shape index (κ2) is 16.3. The average molecular weight is 513 g/mol. The van der Waals surface area contributed by atoms with E-state index < -0.39 is 18.0 Å². The van der Waals surface area contributed by atoms with Crippen LogP contribution in [0.1, 0.15) is 30.9 Å². The predicted octanol–water partition coefficient (Wildman–Crippen LogP) is 0.283. The van der Waals surface area contributed by atoms with Crippen LogP contribution in [0.5, 0.6) is 5.75 Å². The molecule has 10 heteroatoms. The van der Waals surface area contributed by atoms with Gasteiger partial charge < -0.3 is 37.5 Å². The molecule has 2 aromatic carbocycles. The lowest BCUT2D eigenvalue weighted by Gasteiger charge is -2.24. The summed E-state index contributed by atoms with van der Waals surface area (Å²) >= 11 is 0. The van der Waals surface area contributed by atoms with E-state index in [1.54, 1.807) is 0 Å². The molecular formula is C27H40N6O4. The normalized spacial score (nSPS) is 12.3. The van der Waals surface area contributed by atoms with Gasteiger partial charge in [-0.25, -0.2) is 0 Å². The smallest absolute Gasteiger partial charge is 0.242 e. The van der Waals surface area contributed by atoms with Crippen molar-refractivity contribution in [1.82, 2.24) is 15.5 Å². The van der Waals surface area contributed by atoms with Crippen molar-refractivity contribution in [2.45, 2.75) is 44.8 Å². The maximum atomic E-state index is 13.1. The lowest BCUT2D eigenvalue weighted by molar-refractivity contribution is -0.135. The van der Waals surface area contributed by atoms with Gasteiger partial charge in [0.25, 0.3) is 0 Å². The van der Waals surface area contributed by atoms with E-state index in [0.29, 0.717) is 39.1 Å². The number of nitrogens with one attached hydrogen (secondary N) is 2. The summed E-state index contributed by atoms with van der Waals surface area (Å²) < 4.78 is 5.45. The second-order valence-corrected chi connectivity index (χ2v) is 8.65. The van der Waals surface area contributed by atoms with Crippen LogP contribution < -0.4 is 32.6 Å². The lowest BCUT2D eigenvalue weighted by atomic mass is 10.0. The Morgan fingerprint density at radius 2 is 1.57 bits per heavy atom. The molecule has 0 spiro atoms. The lowest BCUT2D eigenvalue weighted by Crippen LogP contribution is -2.53. The minimum absolute atomic E-state index is 0.203. The molecule has 0 aliphatic rings. The molecule has 2 atom stereocenters. The van der Waals surface area contributed by atoms with Crippen molar-refractivity contribution in [1.29, 1.82) is 0 Å². The first-order valence-electron chi connectivity index (χ1n) is 12.6. The fraction of sp³-hybridized carbons (Fsp3) is 0.444. The third kappa shape index (κ3) is 10.6. The van der Waals surface area contributed by atoms with Crippen LogP contribution in [0, 0.1) is 0 Å². The number of rotatable bonds is 16. The molecule has 0 saturated heterocycles. The molecule has 0 aromatic heterocycles. The van der Waals surface area contributed by atoms with Crippen molar-refractivity contribution in [2.75, 3.05) is 32.8 Å². The Bertz CT molecular complexity index is 965. The summed E-state index contributed by atoms with van der Waals surface area (Å²) in [5, 5.41) is 5.63. The van der Waals surface area contributed by atoms with Gasteiger partial charge in [-0.05, 0) is 43.0 Å². The number of carbonyl (C=O) groups excluding carboxylic acids is 3. The van der Waals surface area contributed by atoms with E-state index in [1.165, 1.54) is 4.90 Å². The summed E-state index contributed by atoms with van der Waals surface area (Å²) in [4.78, 5) is 40.0. The number of benzene rings is 2. The number of amides is 3. The van der Waals surface area contributed by atoms with Crippen LogP contribution in [0.25, 0.3) is 0 Å². The van der Waals surface area contributed by atoms with Gasteiger partial charge in [0.2, 0.25) is 17.7 Å². The van der Waals surface area contributed by atoms with Crippen molar-refractivity contribution in [2.24, 2.45) is 17.2 Å². The molecule has 0 saturated carbocycles. The van der Waals surface area contributed by atoms with Crippen LogP contribution in [-0.2, 0) is 27.3 Å². The van der Waals surface area contributed by atoms with E-state index in [2.05, 4.69) is 10.6 Å². The summed E-state index contributed by atoms with van der Waals surface area (Å²) in [7, 11) is 0. The average Bonchev–Trinajstić information content (AvgIpc) is 2.90. The first-order valence-corrected chi connectivity index (χ1v) is 12.6. The molecule has 0 aliphatic heterocycles. The van der Waals surface area contributed by atoms with Crippen LogP contribution in [-0.4, -0.2) is 67.5 Å². The Kier molecular flexibility index (Phi) is 13.1. The number of ether oxygens (including phenoxy) is 1. The van der Waals surface area contributed by atoms with Crippen LogP contribution in [0.4, 0.5) is 0 Å². The molecular weight excluding hydrogens is 472 g/mol. The van der Waals surface area contributed by atoms with Gasteiger partial charge in [0.1, 0.15) is 11.8 Å². The van der Waals surface area contributed by atoms with E-state index in [-0.39, 0.29) is 31.3 Å². The summed E-state index contributed by atoms with van der Waals surface area (Å²) in [6.45, 7) is 4.00. The molecule has 2 aromatic rings. The predicted molar refractivity (Wildman–Crippen MR) is 143 cm³/mol. The zero-order valence-corrected chi connectivity index (χ0v) is 21.5. The molecule has 2 rings (SSSR count). The van der Waals surface area contributed by atoms with Gasteiger partial charge in [0, 0.05) is 32.7 Å². The monoisotopic (exact) mass is 512 g/mol. The van der Waals surface area contributed by atoms with Crippen LogP contribution in [0.3, 0.4) is 0 Å². The van der Waals surface area contributed by atoms with Gasteiger partial charge in [0.05, 0.1) is 19.1 Å². The zero-order chi connectivity index (χ0) is 27.0. The Morgan fingerprint density at radius 1 is 0.919 bits per heavy atom. The highest BCUT2D eigenvalue weighted by atomic mass is 16.5. The van der Waals surface area contributed by atoms with Crippen molar-refractivity contribution in [3.8, 4) is 5.75 Å². The fourth-order valence-corrected chi connectivity index (χ4v) is 3.77. The van der Waals surface area contributed by atoms with Gasteiger partial charge in [0.15, 0.2) is 0 Å². The van der Waals surface area contributed by atoms with Crippen molar-refractivity contribution in [3.05, 3.63) is 65.7 Å². The molecule has 0 radical (unpaired) electrons. The van der Waals surface area contributed by atoms with Crippen LogP contribution in [0.2, 0.25) is 0 Å². The molecule has 0 bridgehead atoms. The number of aryl methyl sites for hydroxylation is 1. The molecule has 0 heterocycles. The summed E-state index contributed by atoms with van der Waals surface area (Å²) in [6.07, 6.45) is 0.750. The minimum atomic E-state index is -1.11. The molecule has 202 valence electrons. The highest BCUT2D eigenvalue weighted by Gasteiger charge is 2.26. The van der Waals surface area contributed by atoms with Gasteiger partial charge in [-0.3, -0.25) is 14.4 Å². The Labute approximate surface area is 218 Å². The quantitative estimate of drug-likeness (QED) is 0.215. The van der Waals surface area contributed by atoms with E-state index in [0.717, 1.165) is 16.9 Å². The maximum absolute atomic E-state index is 13.1. The largest absolute Gasteiger partial charge is 0.494 e. The molecule has 3 amide bonds. The summed E-state index contributed by atoms with van der Waals surface area (Å²) in [5.74, 6) is -0.447. The zero-order valence-electron chi connectivity index (χ0n) is 21.5. The molecule has 0 unspecified atom stereocenters. The molecule has 8 N–H and O–H groups in total. The molecule has 10 nitrogen and oxygen atoms in total. The van der Waals surface area contributed by atoms with Crippen LogP contribution in [0.15, 0.2) is 54.6 Å². The number of hydrogen-bond donors (Lipinski definition) is 5. The van der Waals surface area contributed by atoms with Gasteiger partial charge >= 0.3 is 0 Å². The van der Waals surface area contributed by atoms with E-state index in [4.69, 9.17) is 21.9 Å². The highest BCUT2D eigenvalue weighted by Crippen LogP contribution is 2.12. The van der Waals surface area contributed by atoms with Crippen molar-refractivity contribution >= 4 is 17.7 Å². The number of nitrogens with two attached hydrogens (primary N) is 3. The van der Waals surface area contributed by atoms with Crippen LogP contribution >= 0.6 is 0 Å². The first kappa shape index (κ1) is 29.8.